The standard InChI is InChI=1S/C15H10FN5O3/c1-5-11-8(16)2-6(3-9(11)20-19-5)21-10(22)4-7-12(13(21)17)15(24)18-14(7)23/h2-4H,17H2,1H3,(H,19,20)(H,18,23,24). The Morgan fingerprint density at radius 1 is 1.17 bits per heavy atom. The van der Waals surface area contributed by atoms with Gasteiger partial charge in [-0.15, -0.1) is 0 Å². The number of pyridine rings is 1. The average molecular weight is 327 g/mol. The third-order valence-electron chi connectivity index (χ3n) is 3.98. The van der Waals surface area contributed by atoms with Crippen molar-refractivity contribution in [2.24, 2.45) is 0 Å². The molecule has 1 aliphatic rings. The van der Waals surface area contributed by atoms with Crippen LogP contribution in [0.25, 0.3) is 16.6 Å². The molecule has 0 atom stereocenters. The second-order valence-electron chi connectivity index (χ2n) is 5.45. The summed E-state index contributed by atoms with van der Waals surface area (Å²) in [6.07, 6.45) is 0. The first-order valence-corrected chi connectivity index (χ1v) is 6.94. The summed E-state index contributed by atoms with van der Waals surface area (Å²) >= 11 is 0. The minimum absolute atomic E-state index is 0.0871. The number of aromatic nitrogens is 3. The molecule has 24 heavy (non-hydrogen) atoms. The van der Waals surface area contributed by atoms with Gasteiger partial charge < -0.3 is 5.73 Å². The second-order valence-corrected chi connectivity index (χ2v) is 5.45. The van der Waals surface area contributed by atoms with Crippen LogP contribution >= 0.6 is 0 Å². The SMILES string of the molecule is Cc1[nH]nc2cc(-n3c(N)c4c(cc3=O)C(=O)NC4=O)cc(F)c12. The Morgan fingerprint density at radius 3 is 2.67 bits per heavy atom. The summed E-state index contributed by atoms with van der Waals surface area (Å²) in [5.41, 5.74) is 6.06. The summed E-state index contributed by atoms with van der Waals surface area (Å²) in [5.74, 6) is -2.19. The number of carbonyl (C=O) groups excluding carboxylic acids is 2. The molecule has 4 rings (SSSR count). The Labute approximate surface area is 133 Å². The number of halogens is 1. The van der Waals surface area contributed by atoms with Crippen molar-refractivity contribution in [1.82, 2.24) is 20.1 Å². The van der Waals surface area contributed by atoms with Gasteiger partial charge in [-0.25, -0.2) is 4.39 Å². The number of nitrogens with zero attached hydrogens (tertiary/aromatic N) is 2. The fraction of sp³-hybridized carbons (Fsp3) is 0.0667. The Bertz CT molecular complexity index is 1130. The lowest BCUT2D eigenvalue weighted by molar-refractivity contribution is 0.0880. The number of hydrogen-bond donors (Lipinski definition) is 3. The Hall–Kier alpha value is -3.49. The fourth-order valence-electron chi connectivity index (χ4n) is 2.91. The number of nitrogens with one attached hydrogen (secondary N) is 2. The lowest BCUT2D eigenvalue weighted by atomic mass is 10.1. The summed E-state index contributed by atoms with van der Waals surface area (Å²) in [6, 6.07) is 3.61. The molecule has 120 valence electrons. The van der Waals surface area contributed by atoms with Crippen molar-refractivity contribution in [3.05, 3.63) is 51.2 Å². The quantitative estimate of drug-likeness (QED) is 0.566. The van der Waals surface area contributed by atoms with E-state index in [2.05, 4.69) is 15.5 Å². The summed E-state index contributed by atoms with van der Waals surface area (Å²) < 4.78 is 15.3. The minimum atomic E-state index is -0.696. The molecule has 8 nitrogen and oxygen atoms in total. The van der Waals surface area contributed by atoms with Gasteiger partial charge in [-0.2, -0.15) is 5.10 Å². The number of H-pyrrole nitrogens is 1. The molecular weight excluding hydrogens is 317 g/mol. The molecule has 3 heterocycles. The van der Waals surface area contributed by atoms with Gasteiger partial charge in [0.15, 0.2) is 0 Å². The molecule has 9 heteroatoms. The number of aromatic amines is 1. The van der Waals surface area contributed by atoms with E-state index in [1.54, 1.807) is 6.92 Å². The van der Waals surface area contributed by atoms with Crippen molar-refractivity contribution in [3.63, 3.8) is 0 Å². The molecule has 4 N–H and O–H groups in total. The van der Waals surface area contributed by atoms with E-state index in [1.807, 2.05) is 0 Å². The predicted octanol–water partition coefficient (Wildman–Crippen LogP) is 0.627. The number of rotatable bonds is 1. The molecule has 0 saturated heterocycles. The molecule has 0 spiro atoms. The number of aryl methyl sites for hydroxylation is 1. The molecule has 1 aliphatic heterocycles. The van der Waals surface area contributed by atoms with Crippen LogP contribution in [0.3, 0.4) is 0 Å². The number of carbonyl (C=O) groups is 2. The molecule has 3 aromatic rings. The monoisotopic (exact) mass is 327 g/mol. The molecule has 0 unspecified atom stereocenters. The molecule has 1 aromatic carbocycles. The van der Waals surface area contributed by atoms with Gasteiger partial charge in [-0.3, -0.25) is 29.4 Å². The number of amides is 2. The average Bonchev–Trinajstić information content (AvgIpc) is 3.00. The maximum atomic E-state index is 14.4. The van der Waals surface area contributed by atoms with Gasteiger partial charge in [0.1, 0.15) is 11.6 Å². The van der Waals surface area contributed by atoms with Crippen molar-refractivity contribution in [3.8, 4) is 5.69 Å². The maximum Gasteiger partial charge on any atom is 0.262 e. The Kier molecular flexibility index (Phi) is 2.65. The molecule has 0 saturated carbocycles. The van der Waals surface area contributed by atoms with Crippen molar-refractivity contribution in [1.29, 1.82) is 0 Å². The van der Waals surface area contributed by atoms with Crippen LogP contribution < -0.4 is 16.6 Å². The van der Waals surface area contributed by atoms with Crippen LogP contribution in [0.5, 0.6) is 0 Å². The predicted molar refractivity (Wildman–Crippen MR) is 82.6 cm³/mol. The lowest BCUT2D eigenvalue weighted by Crippen LogP contribution is -2.24. The van der Waals surface area contributed by atoms with Gasteiger partial charge in [0.2, 0.25) is 0 Å². The smallest absolute Gasteiger partial charge is 0.262 e. The highest BCUT2D eigenvalue weighted by Gasteiger charge is 2.32. The summed E-state index contributed by atoms with van der Waals surface area (Å²) in [4.78, 5) is 35.9. The van der Waals surface area contributed by atoms with Gasteiger partial charge in [-0.05, 0) is 19.1 Å². The Balaban J connectivity index is 2.05. The van der Waals surface area contributed by atoms with Crippen molar-refractivity contribution < 1.29 is 14.0 Å². The fourth-order valence-corrected chi connectivity index (χ4v) is 2.91. The largest absolute Gasteiger partial charge is 0.384 e. The highest BCUT2D eigenvalue weighted by atomic mass is 19.1. The number of anilines is 1. The van der Waals surface area contributed by atoms with Gasteiger partial charge in [-0.1, -0.05) is 0 Å². The first-order valence-electron chi connectivity index (χ1n) is 6.94. The van der Waals surface area contributed by atoms with E-state index < -0.39 is 23.2 Å². The number of imide groups is 1. The highest BCUT2D eigenvalue weighted by molar-refractivity contribution is 6.23. The van der Waals surface area contributed by atoms with E-state index in [9.17, 15) is 18.8 Å². The van der Waals surface area contributed by atoms with Gasteiger partial charge in [0.05, 0.1) is 27.7 Å². The van der Waals surface area contributed by atoms with Crippen molar-refractivity contribution >= 4 is 28.5 Å². The van der Waals surface area contributed by atoms with Gasteiger partial charge in [0, 0.05) is 11.8 Å². The molecule has 2 amide bonds. The third kappa shape index (κ3) is 1.72. The number of nitrogen functional groups attached to an aromatic ring is 1. The lowest BCUT2D eigenvalue weighted by Gasteiger charge is -2.12. The number of benzene rings is 1. The highest BCUT2D eigenvalue weighted by Crippen LogP contribution is 2.26. The number of hydrogen-bond acceptors (Lipinski definition) is 5. The topological polar surface area (TPSA) is 123 Å². The van der Waals surface area contributed by atoms with E-state index >= 15 is 0 Å². The minimum Gasteiger partial charge on any atom is -0.384 e. The van der Waals surface area contributed by atoms with E-state index in [1.165, 1.54) is 6.07 Å². The normalized spacial score (nSPS) is 13.4. The molecule has 2 aromatic heterocycles. The second kappa shape index (κ2) is 4.51. The zero-order chi connectivity index (χ0) is 17.2. The summed E-state index contributed by atoms with van der Waals surface area (Å²) in [6.45, 7) is 1.67. The van der Waals surface area contributed by atoms with Crippen molar-refractivity contribution in [2.75, 3.05) is 5.73 Å². The van der Waals surface area contributed by atoms with Crippen LogP contribution in [0.1, 0.15) is 26.4 Å². The number of fused-ring (bicyclic) bond motifs is 2. The number of nitrogens with two attached hydrogens (primary N) is 1. The van der Waals surface area contributed by atoms with Crippen LogP contribution in [-0.2, 0) is 0 Å². The van der Waals surface area contributed by atoms with Gasteiger partial charge >= 0.3 is 0 Å². The van der Waals surface area contributed by atoms with E-state index in [0.717, 1.165) is 16.7 Å². The van der Waals surface area contributed by atoms with Crippen LogP contribution in [0.2, 0.25) is 0 Å². The van der Waals surface area contributed by atoms with E-state index in [4.69, 9.17) is 5.73 Å². The zero-order valence-corrected chi connectivity index (χ0v) is 12.3. The van der Waals surface area contributed by atoms with E-state index in [0.29, 0.717) is 16.6 Å². The van der Waals surface area contributed by atoms with Crippen LogP contribution in [0, 0.1) is 12.7 Å². The molecule has 0 radical (unpaired) electrons. The summed E-state index contributed by atoms with van der Waals surface area (Å²) in [7, 11) is 0. The molecule has 0 fully saturated rings. The molecule has 0 bridgehead atoms. The van der Waals surface area contributed by atoms with Crippen molar-refractivity contribution in [2.45, 2.75) is 6.92 Å². The maximum absolute atomic E-state index is 14.4. The third-order valence-corrected chi connectivity index (χ3v) is 3.98. The van der Waals surface area contributed by atoms with Gasteiger partial charge in [0.25, 0.3) is 17.4 Å². The van der Waals surface area contributed by atoms with Crippen LogP contribution in [0.4, 0.5) is 10.2 Å². The molecular formula is C15H10FN5O3. The van der Waals surface area contributed by atoms with Crippen LogP contribution in [0.15, 0.2) is 23.0 Å². The first-order chi connectivity index (χ1) is 11.4. The summed E-state index contributed by atoms with van der Waals surface area (Å²) in [5, 5.41) is 9.01. The first kappa shape index (κ1) is 14.1. The van der Waals surface area contributed by atoms with E-state index in [-0.39, 0.29) is 22.6 Å². The molecule has 0 aliphatic carbocycles. The zero-order valence-electron chi connectivity index (χ0n) is 12.3. The Morgan fingerprint density at radius 2 is 1.92 bits per heavy atom. The van der Waals surface area contributed by atoms with Crippen LogP contribution in [-0.4, -0.2) is 26.6 Å².